The van der Waals surface area contributed by atoms with Crippen molar-refractivity contribution in [1.82, 2.24) is 5.32 Å². The van der Waals surface area contributed by atoms with Gasteiger partial charge in [-0.15, -0.1) is 0 Å². The number of methoxy groups -OCH3 is 1. The number of nitrogens with zero attached hydrogens (tertiary/aromatic N) is 1. The fraction of sp³-hybridized carbons (Fsp3) is 0.105. The van der Waals surface area contributed by atoms with Crippen molar-refractivity contribution in [3.05, 3.63) is 59.2 Å². The summed E-state index contributed by atoms with van der Waals surface area (Å²) in [7, 11) is 1.44. The number of benzene rings is 2. The number of rotatable bonds is 3. The van der Waals surface area contributed by atoms with Crippen LogP contribution in [0.3, 0.4) is 0 Å². The van der Waals surface area contributed by atoms with Crippen molar-refractivity contribution < 1.29 is 19.4 Å². The van der Waals surface area contributed by atoms with E-state index in [0.717, 1.165) is 5.56 Å². The number of thiocarbonyl (C=S) groups is 1. The Balaban J connectivity index is 2.01. The van der Waals surface area contributed by atoms with Gasteiger partial charge in [0.25, 0.3) is 11.8 Å². The molecule has 0 bridgehead atoms. The van der Waals surface area contributed by atoms with E-state index < -0.39 is 11.8 Å². The van der Waals surface area contributed by atoms with E-state index in [9.17, 15) is 14.7 Å². The lowest BCUT2D eigenvalue weighted by atomic mass is 10.1. The molecular weight excluding hydrogens is 352 g/mol. The van der Waals surface area contributed by atoms with Crippen LogP contribution in [0.1, 0.15) is 11.1 Å². The average molecular weight is 368 g/mol. The number of hydrogen-bond donors (Lipinski definition) is 2. The lowest BCUT2D eigenvalue weighted by molar-refractivity contribution is -0.122. The quantitative estimate of drug-likeness (QED) is 0.495. The summed E-state index contributed by atoms with van der Waals surface area (Å²) in [4.78, 5) is 26.4. The second kappa shape index (κ2) is 6.97. The number of phenols is 1. The number of nitrogens with one attached hydrogen (secondary N) is 1. The zero-order chi connectivity index (χ0) is 18.8. The molecule has 2 aromatic carbocycles. The maximum absolute atomic E-state index is 12.9. The summed E-state index contributed by atoms with van der Waals surface area (Å²) >= 11 is 5.17. The van der Waals surface area contributed by atoms with Gasteiger partial charge < -0.3 is 9.84 Å². The van der Waals surface area contributed by atoms with Crippen LogP contribution in [0.25, 0.3) is 6.08 Å². The van der Waals surface area contributed by atoms with Crippen molar-refractivity contribution in [2.24, 2.45) is 0 Å². The highest BCUT2D eigenvalue weighted by atomic mass is 32.1. The third-order valence-electron chi connectivity index (χ3n) is 3.88. The minimum atomic E-state index is -0.584. The van der Waals surface area contributed by atoms with Crippen LogP contribution in [0.5, 0.6) is 11.5 Å². The molecule has 7 heteroatoms. The SMILES string of the molecule is COc1ccc(C=C2C(=O)NC(=S)N(c3cccc(C)c3)C2=O)cc1O. The van der Waals surface area contributed by atoms with E-state index in [1.54, 1.807) is 24.3 Å². The molecule has 1 fully saturated rings. The van der Waals surface area contributed by atoms with Gasteiger partial charge in [0, 0.05) is 0 Å². The number of ether oxygens (including phenoxy) is 1. The Labute approximate surface area is 155 Å². The van der Waals surface area contributed by atoms with Crippen molar-refractivity contribution >= 4 is 40.9 Å². The highest BCUT2D eigenvalue weighted by Crippen LogP contribution is 2.28. The number of aryl methyl sites for hydroxylation is 1. The van der Waals surface area contributed by atoms with E-state index >= 15 is 0 Å². The van der Waals surface area contributed by atoms with Crippen LogP contribution in [0.2, 0.25) is 0 Å². The molecule has 0 atom stereocenters. The van der Waals surface area contributed by atoms with E-state index in [1.807, 2.05) is 19.1 Å². The number of carbonyl (C=O) groups is 2. The molecule has 1 saturated heterocycles. The van der Waals surface area contributed by atoms with Gasteiger partial charge in [0.15, 0.2) is 16.6 Å². The second-order valence-electron chi connectivity index (χ2n) is 5.73. The standard InChI is InChI=1S/C19H16N2O4S/c1-11-4-3-5-13(8-11)21-18(24)14(17(23)20-19(21)26)9-12-6-7-16(25-2)15(22)10-12/h3-10,22H,1-2H3,(H,20,23,26). The van der Waals surface area contributed by atoms with Gasteiger partial charge in [0.2, 0.25) is 0 Å². The molecule has 0 spiro atoms. The Kier molecular flexibility index (Phi) is 4.73. The highest BCUT2D eigenvalue weighted by molar-refractivity contribution is 7.80. The average Bonchev–Trinajstić information content (AvgIpc) is 2.58. The highest BCUT2D eigenvalue weighted by Gasteiger charge is 2.34. The molecule has 2 N–H and O–H groups in total. The molecular formula is C19H16N2O4S. The maximum atomic E-state index is 12.9. The van der Waals surface area contributed by atoms with Crippen LogP contribution in [-0.4, -0.2) is 29.1 Å². The minimum absolute atomic E-state index is 0.0281. The van der Waals surface area contributed by atoms with Crippen molar-refractivity contribution in [3.8, 4) is 11.5 Å². The third kappa shape index (κ3) is 3.29. The summed E-state index contributed by atoms with van der Waals surface area (Å²) < 4.78 is 4.99. The summed E-state index contributed by atoms with van der Waals surface area (Å²) in [6, 6.07) is 11.9. The fourth-order valence-electron chi connectivity index (χ4n) is 2.62. The summed E-state index contributed by atoms with van der Waals surface area (Å²) in [5.41, 5.74) is 1.94. The summed E-state index contributed by atoms with van der Waals surface area (Å²) in [6.07, 6.45) is 1.40. The van der Waals surface area contributed by atoms with E-state index in [4.69, 9.17) is 17.0 Å². The zero-order valence-electron chi connectivity index (χ0n) is 14.1. The van der Waals surface area contributed by atoms with Gasteiger partial charge in [-0.1, -0.05) is 18.2 Å². The summed E-state index contributed by atoms with van der Waals surface area (Å²) in [5.74, 6) is -0.899. The Morgan fingerprint density at radius 3 is 2.62 bits per heavy atom. The van der Waals surface area contributed by atoms with Crippen molar-refractivity contribution in [1.29, 1.82) is 0 Å². The van der Waals surface area contributed by atoms with Crippen LogP contribution < -0.4 is 15.0 Å². The first kappa shape index (κ1) is 17.6. The van der Waals surface area contributed by atoms with Crippen LogP contribution in [-0.2, 0) is 9.59 Å². The number of amides is 2. The number of aromatic hydroxyl groups is 1. The van der Waals surface area contributed by atoms with Crippen LogP contribution in [0.4, 0.5) is 5.69 Å². The fourth-order valence-corrected chi connectivity index (χ4v) is 2.90. The van der Waals surface area contributed by atoms with Crippen molar-refractivity contribution in [2.75, 3.05) is 12.0 Å². The Morgan fingerprint density at radius 1 is 1.19 bits per heavy atom. The molecule has 0 unspecified atom stereocenters. The van der Waals surface area contributed by atoms with Gasteiger partial charge in [0.1, 0.15) is 5.57 Å². The Bertz CT molecular complexity index is 952. The number of anilines is 1. The molecule has 1 aliphatic heterocycles. The second-order valence-corrected chi connectivity index (χ2v) is 6.11. The Morgan fingerprint density at radius 2 is 1.96 bits per heavy atom. The van der Waals surface area contributed by atoms with E-state index in [-0.39, 0.29) is 16.4 Å². The minimum Gasteiger partial charge on any atom is -0.504 e. The first-order chi connectivity index (χ1) is 12.4. The lowest BCUT2D eigenvalue weighted by Crippen LogP contribution is -2.54. The molecule has 6 nitrogen and oxygen atoms in total. The molecule has 1 heterocycles. The van der Waals surface area contributed by atoms with Crippen LogP contribution >= 0.6 is 12.2 Å². The molecule has 0 saturated carbocycles. The van der Waals surface area contributed by atoms with Gasteiger partial charge in [-0.05, 0) is 60.6 Å². The van der Waals surface area contributed by atoms with Gasteiger partial charge >= 0.3 is 0 Å². The first-order valence-electron chi connectivity index (χ1n) is 7.76. The predicted molar refractivity (Wildman–Crippen MR) is 102 cm³/mol. The predicted octanol–water partition coefficient (Wildman–Crippen LogP) is 2.54. The monoisotopic (exact) mass is 368 g/mol. The zero-order valence-corrected chi connectivity index (χ0v) is 15.0. The molecule has 3 rings (SSSR count). The molecule has 26 heavy (non-hydrogen) atoms. The topological polar surface area (TPSA) is 78.9 Å². The van der Waals surface area contributed by atoms with Crippen LogP contribution in [0, 0.1) is 6.92 Å². The first-order valence-corrected chi connectivity index (χ1v) is 8.16. The van der Waals surface area contributed by atoms with Crippen molar-refractivity contribution in [3.63, 3.8) is 0 Å². The number of phenolic OH excluding ortho intramolecular Hbond substituents is 1. The van der Waals surface area contributed by atoms with E-state index in [0.29, 0.717) is 17.0 Å². The molecule has 0 radical (unpaired) electrons. The number of hydrogen-bond acceptors (Lipinski definition) is 5. The van der Waals surface area contributed by atoms with Gasteiger partial charge in [-0.2, -0.15) is 0 Å². The maximum Gasteiger partial charge on any atom is 0.270 e. The van der Waals surface area contributed by atoms with Gasteiger partial charge in [-0.3, -0.25) is 19.8 Å². The van der Waals surface area contributed by atoms with Crippen LogP contribution in [0.15, 0.2) is 48.0 Å². The Hall–Kier alpha value is -3.19. The third-order valence-corrected chi connectivity index (χ3v) is 4.16. The molecule has 0 aliphatic carbocycles. The van der Waals surface area contributed by atoms with E-state index in [2.05, 4.69) is 5.32 Å². The molecule has 0 aromatic heterocycles. The molecule has 132 valence electrons. The summed E-state index contributed by atoms with van der Waals surface area (Å²) in [5, 5.41) is 12.4. The van der Waals surface area contributed by atoms with Crippen molar-refractivity contribution in [2.45, 2.75) is 6.92 Å². The molecule has 2 aromatic rings. The van der Waals surface area contributed by atoms with Gasteiger partial charge in [0.05, 0.1) is 12.8 Å². The van der Waals surface area contributed by atoms with Gasteiger partial charge in [-0.25, -0.2) is 0 Å². The molecule has 2 amide bonds. The lowest BCUT2D eigenvalue weighted by Gasteiger charge is -2.29. The normalized spacial score (nSPS) is 16.0. The number of carbonyl (C=O) groups excluding carboxylic acids is 2. The summed E-state index contributed by atoms with van der Waals surface area (Å²) in [6.45, 7) is 1.90. The van der Waals surface area contributed by atoms with E-state index in [1.165, 1.54) is 24.2 Å². The largest absolute Gasteiger partial charge is 0.504 e. The molecule has 1 aliphatic rings. The smallest absolute Gasteiger partial charge is 0.270 e.